The van der Waals surface area contributed by atoms with E-state index in [-0.39, 0.29) is 11.0 Å². The molecule has 0 amide bonds. The molecular formula is C16H23Cl2NOSi. The van der Waals surface area contributed by atoms with E-state index >= 15 is 0 Å². The molecule has 0 N–H and O–H groups in total. The van der Waals surface area contributed by atoms with Gasteiger partial charge in [-0.05, 0) is 42.2 Å². The van der Waals surface area contributed by atoms with Gasteiger partial charge in [-0.25, -0.2) is 0 Å². The molecule has 5 heteroatoms. The Morgan fingerprint density at radius 1 is 1.24 bits per heavy atom. The first-order valence-electron chi connectivity index (χ1n) is 7.07. The third-order valence-electron chi connectivity index (χ3n) is 4.18. The van der Waals surface area contributed by atoms with Crippen molar-refractivity contribution in [2.24, 2.45) is 0 Å². The molecule has 0 saturated heterocycles. The third-order valence-corrected chi connectivity index (χ3v) is 9.45. The van der Waals surface area contributed by atoms with Gasteiger partial charge in [0.25, 0.3) is 0 Å². The molecule has 0 aliphatic heterocycles. The van der Waals surface area contributed by atoms with Crippen LogP contribution in [0.15, 0.2) is 18.2 Å². The average molecular weight is 344 g/mol. The molecular weight excluding hydrogens is 321 g/mol. The molecule has 21 heavy (non-hydrogen) atoms. The second-order valence-electron chi connectivity index (χ2n) is 6.75. The van der Waals surface area contributed by atoms with Gasteiger partial charge in [0, 0.05) is 6.61 Å². The summed E-state index contributed by atoms with van der Waals surface area (Å²) in [7, 11) is -1.76. The van der Waals surface area contributed by atoms with Gasteiger partial charge in [-0.2, -0.15) is 5.26 Å². The lowest BCUT2D eigenvalue weighted by atomic mass is 9.98. The summed E-state index contributed by atoms with van der Waals surface area (Å²) in [6.45, 7) is 11.6. The predicted octanol–water partition coefficient (Wildman–Crippen LogP) is 6.01. The smallest absolute Gasteiger partial charge is 0.191 e. The van der Waals surface area contributed by atoms with Crippen molar-refractivity contribution in [3.63, 3.8) is 0 Å². The Labute approximate surface area is 139 Å². The van der Waals surface area contributed by atoms with Crippen LogP contribution in [0.2, 0.25) is 28.2 Å². The normalized spacial score (nSPS) is 13.8. The van der Waals surface area contributed by atoms with Gasteiger partial charge in [-0.15, -0.1) is 0 Å². The van der Waals surface area contributed by atoms with Crippen LogP contribution in [-0.2, 0) is 4.43 Å². The molecule has 2 nitrogen and oxygen atoms in total. The highest BCUT2D eigenvalue weighted by atomic mass is 35.5. The van der Waals surface area contributed by atoms with Gasteiger partial charge in [-0.3, -0.25) is 0 Å². The first kappa shape index (κ1) is 18.5. The van der Waals surface area contributed by atoms with Crippen LogP contribution >= 0.6 is 23.2 Å². The van der Waals surface area contributed by atoms with Gasteiger partial charge in [-0.1, -0.05) is 50.0 Å². The SMILES string of the molecule is CC(C)(C)[Si](C)(C)OCCC(C#N)c1ccc(Cl)c(Cl)c1. The maximum atomic E-state index is 9.36. The fraction of sp³-hybridized carbons (Fsp3) is 0.562. The van der Waals surface area contributed by atoms with Crippen molar-refractivity contribution >= 4 is 31.5 Å². The zero-order valence-corrected chi connectivity index (χ0v) is 15.8. The fourth-order valence-corrected chi connectivity index (χ4v) is 3.05. The van der Waals surface area contributed by atoms with E-state index in [9.17, 15) is 5.26 Å². The Balaban J connectivity index is 2.68. The van der Waals surface area contributed by atoms with Crippen molar-refractivity contribution in [3.8, 4) is 6.07 Å². The summed E-state index contributed by atoms with van der Waals surface area (Å²) in [5.41, 5.74) is 0.894. The molecule has 1 aromatic carbocycles. The highest BCUT2D eigenvalue weighted by Gasteiger charge is 2.37. The van der Waals surface area contributed by atoms with Crippen LogP contribution < -0.4 is 0 Å². The van der Waals surface area contributed by atoms with Crippen molar-refractivity contribution in [2.45, 2.75) is 51.2 Å². The van der Waals surface area contributed by atoms with E-state index in [0.29, 0.717) is 23.1 Å². The van der Waals surface area contributed by atoms with E-state index < -0.39 is 8.32 Å². The molecule has 0 aromatic heterocycles. The summed E-state index contributed by atoms with van der Waals surface area (Å²) >= 11 is 11.9. The second kappa shape index (κ2) is 7.15. The first-order valence-corrected chi connectivity index (χ1v) is 10.7. The minimum absolute atomic E-state index is 0.179. The molecule has 0 bridgehead atoms. The molecule has 0 aliphatic carbocycles. The van der Waals surface area contributed by atoms with Crippen molar-refractivity contribution in [2.75, 3.05) is 6.61 Å². The molecule has 1 rings (SSSR count). The van der Waals surface area contributed by atoms with E-state index in [1.54, 1.807) is 12.1 Å². The topological polar surface area (TPSA) is 33.0 Å². The molecule has 0 spiro atoms. The van der Waals surface area contributed by atoms with Gasteiger partial charge < -0.3 is 4.43 Å². The number of halogens is 2. The van der Waals surface area contributed by atoms with Crippen LogP contribution in [-0.4, -0.2) is 14.9 Å². The van der Waals surface area contributed by atoms with Crippen molar-refractivity contribution in [3.05, 3.63) is 33.8 Å². The maximum Gasteiger partial charge on any atom is 0.191 e. The summed E-state index contributed by atoms with van der Waals surface area (Å²) < 4.78 is 6.13. The summed E-state index contributed by atoms with van der Waals surface area (Å²) in [6.07, 6.45) is 0.668. The highest BCUT2D eigenvalue weighted by molar-refractivity contribution is 6.74. The summed E-state index contributed by atoms with van der Waals surface area (Å²) in [5, 5.41) is 10.5. The fourth-order valence-electron chi connectivity index (χ4n) is 1.68. The van der Waals surface area contributed by atoms with Crippen molar-refractivity contribution in [1.29, 1.82) is 5.26 Å². The Morgan fingerprint density at radius 2 is 1.86 bits per heavy atom. The molecule has 116 valence electrons. The lowest BCUT2D eigenvalue weighted by molar-refractivity contribution is 0.278. The van der Waals surface area contributed by atoms with Crippen LogP contribution in [0.4, 0.5) is 0 Å². The summed E-state index contributed by atoms with van der Waals surface area (Å²) in [5.74, 6) is -0.218. The molecule has 0 saturated carbocycles. The van der Waals surface area contributed by atoms with Crippen LogP contribution in [0.1, 0.15) is 38.7 Å². The largest absolute Gasteiger partial charge is 0.417 e. The molecule has 1 unspecified atom stereocenters. The van der Waals surface area contributed by atoms with E-state index in [1.807, 2.05) is 6.07 Å². The van der Waals surface area contributed by atoms with Gasteiger partial charge in [0.15, 0.2) is 8.32 Å². The van der Waals surface area contributed by atoms with Gasteiger partial charge in [0.1, 0.15) is 0 Å². The zero-order chi connectivity index (χ0) is 16.3. The maximum absolute atomic E-state index is 9.36. The Hall–Kier alpha value is -0.533. The minimum Gasteiger partial charge on any atom is -0.417 e. The number of benzene rings is 1. The Bertz CT molecular complexity index is 532. The monoisotopic (exact) mass is 343 g/mol. The van der Waals surface area contributed by atoms with Crippen LogP contribution in [0.25, 0.3) is 0 Å². The molecule has 1 atom stereocenters. The summed E-state index contributed by atoms with van der Waals surface area (Å²) in [4.78, 5) is 0. The number of rotatable bonds is 5. The standard InChI is InChI=1S/C16H23Cl2NOSi/c1-16(2,3)21(4,5)20-9-8-13(11-19)12-6-7-14(17)15(18)10-12/h6-7,10,13H,8-9H2,1-5H3. The van der Waals surface area contributed by atoms with Gasteiger partial charge in [0.05, 0.1) is 22.0 Å². The highest BCUT2D eigenvalue weighted by Crippen LogP contribution is 2.37. The number of hydrogen-bond donors (Lipinski definition) is 0. The third kappa shape index (κ3) is 5.00. The Kier molecular flexibility index (Phi) is 6.31. The molecule has 0 radical (unpaired) electrons. The van der Waals surface area contributed by atoms with Crippen LogP contribution in [0, 0.1) is 11.3 Å². The van der Waals surface area contributed by atoms with Crippen molar-refractivity contribution < 1.29 is 4.43 Å². The van der Waals surface area contributed by atoms with Crippen LogP contribution in [0.5, 0.6) is 0 Å². The number of hydrogen-bond acceptors (Lipinski definition) is 2. The molecule has 0 aliphatic rings. The summed E-state index contributed by atoms with van der Waals surface area (Å²) in [6, 6.07) is 7.68. The minimum atomic E-state index is -1.76. The molecule has 0 heterocycles. The molecule has 1 aromatic rings. The predicted molar refractivity (Wildman–Crippen MR) is 92.6 cm³/mol. The quantitative estimate of drug-likeness (QED) is 0.613. The number of nitriles is 1. The second-order valence-corrected chi connectivity index (χ2v) is 12.4. The number of nitrogens with zero attached hydrogens (tertiary/aromatic N) is 1. The van der Waals surface area contributed by atoms with E-state index in [2.05, 4.69) is 39.9 Å². The van der Waals surface area contributed by atoms with E-state index in [1.165, 1.54) is 0 Å². The van der Waals surface area contributed by atoms with Crippen molar-refractivity contribution in [1.82, 2.24) is 0 Å². The zero-order valence-electron chi connectivity index (χ0n) is 13.3. The lowest BCUT2D eigenvalue weighted by Gasteiger charge is -2.36. The van der Waals surface area contributed by atoms with Gasteiger partial charge >= 0.3 is 0 Å². The van der Waals surface area contributed by atoms with E-state index in [4.69, 9.17) is 27.6 Å². The Morgan fingerprint density at radius 3 is 2.33 bits per heavy atom. The van der Waals surface area contributed by atoms with E-state index in [0.717, 1.165) is 5.56 Å². The lowest BCUT2D eigenvalue weighted by Crippen LogP contribution is -2.41. The first-order chi connectivity index (χ1) is 9.58. The van der Waals surface area contributed by atoms with Gasteiger partial charge in [0.2, 0.25) is 0 Å². The average Bonchev–Trinajstić information content (AvgIpc) is 2.37. The van der Waals surface area contributed by atoms with Crippen LogP contribution in [0.3, 0.4) is 0 Å². The molecule has 0 fully saturated rings.